The van der Waals surface area contributed by atoms with Crippen molar-refractivity contribution in [2.45, 2.75) is 26.4 Å². The van der Waals surface area contributed by atoms with Crippen molar-refractivity contribution < 1.29 is 13.8 Å². The molecule has 0 aliphatic rings. The molecule has 0 aliphatic carbocycles. The van der Waals surface area contributed by atoms with E-state index in [2.05, 4.69) is 87.4 Å². The van der Waals surface area contributed by atoms with E-state index in [4.69, 9.17) is 4.74 Å². The molecule has 1 atom stereocenters. The Morgan fingerprint density at radius 2 is 1.75 bits per heavy atom. The predicted molar refractivity (Wildman–Crippen MR) is 98.6 cm³/mol. The third-order valence-electron chi connectivity index (χ3n) is 5.08. The van der Waals surface area contributed by atoms with Crippen LogP contribution in [0.1, 0.15) is 31.1 Å². The number of ether oxygens (including phenoxy) is 1. The molecule has 0 bridgehead atoms. The van der Waals surface area contributed by atoms with Crippen molar-refractivity contribution in [3.8, 4) is 0 Å². The van der Waals surface area contributed by atoms with Gasteiger partial charge in [0.15, 0.2) is 12.4 Å². The molecule has 0 aliphatic heterocycles. The minimum Gasteiger partial charge on any atom is -0.367 e. The SMILES string of the molecule is CC[N+](C)(CC)CCOC(Cc1ccccc1)c1ccc[n+](C)c1. The van der Waals surface area contributed by atoms with Crippen LogP contribution in [0.2, 0.25) is 0 Å². The first kappa shape index (κ1) is 18.6. The van der Waals surface area contributed by atoms with E-state index in [0.29, 0.717) is 0 Å². The average molecular weight is 329 g/mol. The van der Waals surface area contributed by atoms with Gasteiger partial charge in [-0.05, 0) is 25.5 Å². The van der Waals surface area contributed by atoms with Gasteiger partial charge in [-0.25, -0.2) is 4.57 Å². The first-order valence-corrected chi connectivity index (χ1v) is 9.00. The number of likely N-dealkylation sites (N-methyl/N-ethyl adjacent to an activating group) is 1. The summed E-state index contributed by atoms with van der Waals surface area (Å²) < 4.78 is 9.51. The number of benzene rings is 1. The Kier molecular flexibility index (Phi) is 6.95. The number of quaternary nitrogens is 1. The number of pyridine rings is 1. The van der Waals surface area contributed by atoms with Crippen LogP contribution in [0.15, 0.2) is 54.9 Å². The van der Waals surface area contributed by atoms with Crippen molar-refractivity contribution in [2.75, 3.05) is 33.3 Å². The molecule has 1 heterocycles. The Morgan fingerprint density at radius 1 is 1.04 bits per heavy atom. The minimum absolute atomic E-state index is 0.0990. The first-order chi connectivity index (χ1) is 11.6. The number of aryl methyl sites for hydroxylation is 1. The summed E-state index contributed by atoms with van der Waals surface area (Å²) >= 11 is 0. The molecule has 0 N–H and O–H groups in total. The van der Waals surface area contributed by atoms with Crippen LogP contribution in [0, 0.1) is 0 Å². The topological polar surface area (TPSA) is 13.1 Å². The quantitative estimate of drug-likeness (QED) is 0.508. The van der Waals surface area contributed by atoms with Gasteiger partial charge in [0.1, 0.15) is 13.6 Å². The summed E-state index contributed by atoms with van der Waals surface area (Å²) in [6, 6.07) is 14.9. The van der Waals surface area contributed by atoms with Crippen molar-refractivity contribution >= 4 is 0 Å². The molecule has 0 amide bonds. The number of nitrogens with zero attached hydrogens (tertiary/aromatic N) is 2. The highest BCUT2D eigenvalue weighted by Gasteiger charge is 2.20. The molecule has 0 fully saturated rings. The molecule has 130 valence electrons. The number of hydrogen-bond donors (Lipinski definition) is 0. The summed E-state index contributed by atoms with van der Waals surface area (Å²) in [6.45, 7) is 8.63. The monoisotopic (exact) mass is 328 g/mol. The van der Waals surface area contributed by atoms with E-state index in [-0.39, 0.29) is 6.10 Å². The van der Waals surface area contributed by atoms with Gasteiger partial charge in [0.25, 0.3) is 0 Å². The third-order valence-corrected chi connectivity index (χ3v) is 5.08. The molecule has 24 heavy (non-hydrogen) atoms. The van der Waals surface area contributed by atoms with Crippen molar-refractivity contribution in [1.29, 1.82) is 0 Å². The maximum Gasteiger partial charge on any atom is 0.174 e. The Hall–Kier alpha value is -1.71. The Labute approximate surface area is 147 Å². The lowest BCUT2D eigenvalue weighted by atomic mass is 10.0. The summed E-state index contributed by atoms with van der Waals surface area (Å²) in [5.74, 6) is 0. The smallest absolute Gasteiger partial charge is 0.174 e. The first-order valence-electron chi connectivity index (χ1n) is 9.00. The van der Waals surface area contributed by atoms with Gasteiger partial charge < -0.3 is 9.22 Å². The van der Waals surface area contributed by atoms with E-state index < -0.39 is 0 Å². The van der Waals surface area contributed by atoms with Crippen molar-refractivity contribution in [2.24, 2.45) is 7.05 Å². The largest absolute Gasteiger partial charge is 0.367 e. The molecule has 0 radical (unpaired) electrons. The van der Waals surface area contributed by atoms with E-state index in [9.17, 15) is 0 Å². The predicted octanol–water partition coefficient (Wildman–Crippen LogP) is 3.30. The second kappa shape index (κ2) is 8.95. The highest BCUT2D eigenvalue weighted by atomic mass is 16.5. The summed E-state index contributed by atoms with van der Waals surface area (Å²) in [4.78, 5) is 0. The molecule has 0 saturated carbocycles. The highest BCUT2D eigenvalue weighted by molar-refractivity contribution is 5.19. The Balaban J connectivity index is 2.08. The van der Waals surface area contributed by atoms with Crippen LogP contribution >= 0.6 is 0 Å². The highest BCUT2D eigenvalue weighted by Crippen LogP contribution is 2.21. The van der Waals surface area contributed by atoms with Crippen LogP contribution in [0.4, 0.5) is 0 Å². The Bertz CT molecular complexity index is 608. The third kappa shape index (κ3) is 5.43. The molecular formula is C21H32N2O+2. The standard InChI is InChI=1S/C21H32N2O/c1-5-23(4,6-2)15-16-24-21(17-19-11-8-7-9-12-19)20-13-10-14-22(3)18-20/h7-14,18,21H,5-6,15-17H2,1-4H3/q+2. The molecule has 1 aromatic carbocycles. The summed E-state index contributed by atoms with van der Waals surface area (Å²) in [7, 11) is 4.36. The molecule has 2 aromatic rings. The van der Waals surface area contributed by atoms with Crippen molar-refractivity contribution in [1.82, 2.24) is 0 Å². The van der Waals surface area contributed by atoms with Gasteiger partial charge in [0, 0.05) is 18.1 Å². The number of rotatable bonds is 9. The van der Waals surface area contributed by atoms with Gasteiger partial charge in [-0.15, -0.1) is 0 Å². The molecular weight excluding hydrogens is 296 g/mol. The van der Waals surface area contributed by atoms with Crippen molar-refractivity contribution in [3.05, 3.63) is 66.0 Å². The normalized spacial score (nSPS) is 13.0. The van der Waals surface area contributed by atoms with Gasteiger partial charge in [0.05, 0.1) is 32.8 Å². The van der Waals surface area contributed by atoms with E-state index >= 15 is 0 Å². The van der Waals surface area contributed by atoms with Crippen LogP contribution in [-0.2, 0) is 18.2 Å². The zero-order valence-corrected chi connectivity index (χ0v) is 15.6. The fourth-order valence-corrected chi connectivity index (χ4v) is 2.86. The maximum absolute atomic E-state index is 6.36. The van der Waals surface area contributed by atoms with E-state index in [0.717, 1.165) is 37.1 Å². The molecule has 1 unspecified atom stereocenters. The average Bonchev–Trinajstić information content (AvgIpc) is 2.61. The molecule has 3 nitrogen and oxygen atoms in total. The fraction of sp³-hybridized carbons (Fsp3) is 0.476. The summed E-state index contributed by atoms with van der Waals surface area (Å²) in [5.41, 5.74) is 2.56. The van der Waals surface area contributed by atoms with Gasteiger partial charge >= 0.3 is 0 Å². The van der Waals surface area contributed by atoms with Crippen LogP contribution in [0.3, 0.4) is 0 Å². The molecule has 2 rings (SSSR count). The lowest BCUT2D eigenvalue weighted by Gasteiger charge is -2.32. The summed E-state index contributed by atoms with van der Waals surface area (Å²) in [6.07, 6.45) is 5.24. The van der Waals surface area contributed by atoms with Crippen LogP contribution in [0.25, 0.3) is 0 Å². The lowest BCUT2D eigenvalue weighted by molar-refractivity contribution is -0.906. The zero-order chi connectivity index (χ0) is 17.4. The van der Waals surface area contributed by atoms with Crippen molar-refractivity contribution in [3.63, 3.8) is 0 Å². The number of hydrogen-bond acceptors (Lipinski definition) is 1. The van der Waals surface area contributed by atoms with Crippen LogP contribution < -0.4 is 4.57 Å². The Morgan fingerprint density at radius 3 is 2.38 bits per heavy atom. The van der Waals surface area contributed by atoms with Crippen LogP contribution in [-0.4, -0.2) is 37.8 Å². The zero-order valence-electron chi connectivity index (χ0n) is 15.6. The fourth-order valence-electron chi connectivity index (χ4n) is 2.86. The number of aromatic nitrogens is 1. The van der Waals surface area contributed by atoms with Gasteiger partial charge in [-0.1, -0.05) is 30.3 Å². The van der Waals surface area contributed by atoms with Gasteiger partial charge in [0.2, 0.25) is 0 Å². The molecule has 0 spiro atoms. The maximum atomic E-state index is 6.36. The second-order valence-electron chi connectivity index (χ2n) is 6.83. The van der Waals surface area contributed by atoms with E-state index in [1.54, 1.807) is 0 Å². The lowest BCUT2D eigenvalue weighted by Crippen LogP contribution is -2.46. The molecule has 1 aromatic heterocycles. The second-order valence-corrected chi connectivity index (χ2v) is 6.83. The van der Waals surface area contributed by atoms with E-state index in [1.165, 1.54) is 11.1 Å². The van der Waals surface area contributed by atoms with Crippen LogP contribution in [0.5, 0.6) is 0 Å². The minimum atomic E-state index is 0.0990. The summed E-state index contributed by atoms with van der Waals surface area (Å²) in [5, 5.41) is 0. The molecule has 3 heteroatoms. The molecule has 0 saturated heterocycles. The van der Waals surface area contributed by atoms with Gasteiger partial charge in [-0.2, -0.15) is 0 Å². The van der Waals surface area contributed by atoms with E-state index in [1.807, 2.05) is 0 Å². The van der Waals surface area contributed by atoms with Gasteiger partial charge in [-0.3, -0.25) is 0 Å².